The maximum atomic E-state index is 13.5. The molecule has 192 valence electrons. The number of nitrogen functional groups attached to an aromatic ring is 1. The number of imidazole rings is 1. The van der Waals surface area contributed by atoms with E-state index in [-0.39, 0.29) is 17.3 Å². The van der Waals surface area contributed by atoms with E-state index in [0.29, 0.717) is 23.3 Å². The van der Waals surface area contributed by atoms with Crippen molar-refractivity contribution >= 4 is 44.2 Å². The Balaban J connectivity index is 1.64. The molecule has 4 rings (SSSR count). The lowest BCUT2D eigenvalue weighted by molar-refractivity contribution is -0.141. The van der Waals surface area contributed by atoms with E-state index < -0.39 is 22.5 Å². The Morgan fingerprint density at radius 2 is 1.81 bits per heavy atom. The lowest BCUT2D eigenvalue weighted by atomic mass is 10.2. The second-order valence-corrected chi connectivity index (χ2v) is 10.1. The third-order valence-electron chi connectivity index (χ3n) is 5.80. The molecule has 0 spiro atoms. The topological polar surface area (TPSA) is 143 Å². The molecule has 0 atom stereocenters. The third kappa shape index (κ3) is 5.56. The summed E-state index contributed by atoms with van der Waals surface area (Å²) in [5.74, 6) is 0.0819. The Bertz CT molecular complexity index is 1530. The van der Waals surface area contributed by atoms with Gasteiger partial charge < -0.3 is 20.4 Å². The van der Waals surface area contributed by atoms with E-state index in [4.69, 9.17) is 20.9 Å². The number of nitrogens with two attached hydrogens (primary N) is 1. The Morgan fingerprint density at radius 1 is 1.11 bits per heavy atom. The number of benzene rings is 3. The Labute approximate surface area is 215 Å². The molecule has 0 saturated carbocycles. The van der Waals surface area contributed by atoms with Gasteiger partial charge in [-0.25, -0.2) is 13.4 Å². The molecule has 0 fully saturated rings. The average molecular weight is 521 g/mol. The van der Waals surface area contributed by atoms with Gasteiger partial charge in [0.05, 0.1) is 34.8 Å². The first-order chi connectivity index (χ1) is 17.7. The molecule has 4 N–H and O–H groups in total. The van der Waals surface area contributed by atoms with Crippen LogP contribution in [0.4, 0.5) is 11.4 Å². The highest BCUT2D eigenvalue weighted by atomic mass is 32.2. The first-order valence-corrected chi connectivity index (χ1v) is 13.0. The lowest BCUT2D eigenvalue weighted by Crippen LogP contribution is -2.36. The molecule has 10 nitrogen and oxygen atoms in total. The normalized spacial score (nSPS) is 11.3. The number of aromatic nitrogens is 2. The molecule has 0 radical (unpaired) electrons. The summed E-state index contributed by atoms with van der Waals surface area (Å²) in [6.07, 6.45) is 0. The highest BCUT2D eigenvalue weighted by Crippen LogP contribution is 2.28. The minimum absolute atomic E-state index is 0.00369. The smallest absolute Gasteiger partial charge is 0.326 e. The van der Waals surface area contributed by atoms with E-state index >= 15 is 0 Å². The summed E-state index contributed by atoms with van der Waals surface area (Å²) in [6, 6.07) is 20.2. The number of hydrogen-bond acceptors (Lipinski definition) is 7. The zero-order chi connectivity index (χ0) is 26.6. The van der Waals surface area contributed by atoms with Crippen LogP contribution in [0.2, 0.25) is 0 Å². The van der Waals surface area contributed by atoms with Crippen molar-refractivity contribution in [3.63, 3.8) is 0 Å². The minimum atomic E-state index is -4.03. The van der Waals surface area contributed by atoms with Gasteiger partial charge in [-0.3, -0.25) is 14.5 Å². The zero-order valence-corrected chi connectivity index (χ0v) is 21.3. The van der Waals surface area contributed by atoms with Crippen LogP contribution in [0, 0.1) is 5.41 Å². The van der Waals surface area contributed by atoms with Crippen molar-refractivity contribution in [2.75, 3.05) is 22.8 Å². The number of nitrogens with zero attached hydrogens (tertiary/aromatic N) is 3. The van der Waals surface area contributed by atoms with Crippen LogP contribution in [0.15, 0.2) is 77.7 Å². The Morgan fingerprint density at radius 3 is 2.46 bits per heavy atom. The quantitative estimate of drug-likeness (QED) is 0.165. The largest absolute Gasteiger partial charge is 0.465 e. The van der Waals surface area contributed by atoms with Crippen molar-refractivity contribution in [1.82, 2.24) is 9.55 Å². The molecule has 0 amide bonds. The number of aryl methyl sites for hydroxylation is 1. The third-order valence-corrected chi connectivity index (χ3v) is 7.59. The number of carbonyl (C=O) groups excluding carboxylic acids is 1. The summed E-state index contributed by atoms with van der Waals surface area (Å²) in [4.78, 5) is 17.1. The van der Waals surface area contributed by atoms with Gasteiger partial charge in [0.15, 0.2) is 0 Å². The monoisotopic (exact) mass is 520 g/mol. The molecule has 0 aliphatic rings. The molecular weight excluding hydrogens is 492 g/mol. The SMILES string of the molecule is CCOC(=O)CN(c1ccc2c(c1)nc(CNc1ccc(C(=N)N)cc1)n2C)S(=O)(=O)c1ccccc1. The number of ether oxygens (including phenoxy) is 1. The summed E-state index contributed by atoms with van der Waals surface area (Å²) in [5, 5.41) is 10.8. The first-order valence-electron chi connectivity index (χ1n) is 11.6. The van der Waals surface area contributed by atoms with E-state index in [9.17, 15) is 13.2 Å². The number of fused-ring (bicyclic) bond motifs is 1. The summed E-state index contributed by atoms with van der Waals surface area (Å²) < 4.78 is 34.9. The molecular formula is C26H28N6O4S. The van der Waals surface area contributed by atoms with Crippen LogP contribution in [0.25, 0.3) is 11.0 Å². The Hall–Kier alpha value is -4.38. The zero-order valence-electron chi connectivity index (χ0n) is 20.5. The second-order valence-electron chi connectivity index (χ2n) is 8.23. The minimum Gasteiger partial charge on any atom is -0.465 e. The highest BCUT2D eigenvalue weighted by Gasteiger charge is 2.28. The van der Waals surface area contributed by atoms with E-state index in [0.717, 1.165) is 21.3 Å². The number of anilines is 2. The molecule has 0 aliphatic carbocycles. The predicted molar refractivity (Wildman–Crippen MR) is 143 cm³/mol. The fourth-order valence-electron chi connectivity index (χ4n) is 3.86. The van der Waals surface area contributed by atoms with Gasteiger partial charge >= 0.3 is 5.97 Å². The molecule has 1 heterocycles. The van der Waals surface area contributed by atoms with Crippen molar-refractivity contribution in [3.8, 4) is 0 Å². The van der Waals surface area contributed by atoms with E-state index in [1.165, 1.54) is 12.1 Å². The molecule has 0 saturated heterocycles. The highest BCUT2D eigenvalue weighted by molar-refractivity contribution is 7.92. The van der Waals surface area contributed by atoms with Crippen LogP contribution in [0.3, 0.4) is 0 Å². The van der Waals surface area contributed by atoms with Gasteiger partial charge in [0.2, 0.25) is 0 Å². The molecule has 0 unspecified atom stereocenters. The lowest BCUT2D eigenvalue weighted by Gasteiger charge is -2.23. The second kappa shape index (κ2) is 10.7. The van der Waals surface area contributed by atoms with Crippen molar-refractivity contribution in [1.29, 1.82) is 5.41 Å². The van der Waals surface area contributed by atoms with Crippen molar-refractivity contribution in [2.24, 2.45) is 12.8 Å². The maximum Gasteiger partial charge on any atom is 0.326 e. The number of rotatable bonds is 10. The maximum absolute atomic E-state index is 13.5. The number of nitrogens with one attached hydrogen (secondary N) is 2. The van der Waals surface area contributed by atoms with Gasteiger partial charge in [0.1, 0.15) is 18.2 Å². The average Bonchev–Trinajstić information content (AvgIpc) is 3.21. The van der Waals surface area contributed by atoms with Crippen LogP contribution in [-0.4, -0.2) is 42.9 Å². The summed E-state index contributed by atoms with van der Waals surface area (Å²) in [6.45, 7) is 1.76. The van der Waals surface area contributed by atoms with Crippen LogP contribution >= 0.6 is 0 Å². The van der Waals surface area contributed by atoms with Crippen LogP contribution < -0.4 is 15.4 Å². The van der Waals surface area contributed by atoms with E-state index in [1.807, 2.05) is 23.7 Å². The standard InChI is InChI=1S/C26H28N6O4S/c1-3-36-25(33)17-32(37(34,35)21-7-5-4-6-8-21)20-13-14-23-22(15-20)30-24(31(23)2)16-29-19-11-9-18(10-12-19)26(27)28/h4-15,29H,3,16-17H2,1-2H3,(H3,27,28). The van der Waals surface area contributed by atoms with Crippen molar-refractivity contribution in [2.45, 2.75) is 18.4 Å². The van der Waals surface area contributed by atoms with Gasteiger partial charge in [-0.2, -0.15) is 0 Å². The number of esters is 1. The van der Waals surface area contributed by atoms with Gasteiger partial charge in [0.25, 0.3) is 10.0 Å². The molecule has 1 aromatic heterocycles. The summed E-state index contributed by atoms with van der Waals surface area (Å²) >= 11 is 0. The van der Waals surface area contributed by atoms with Gasteiger partial charge in [-0.05, 0) is 61.5 Å². The molecule has 0 bridgehead atoms. The fraction of sp³-hybridized carbons (Fsp3) is 0.192. The number of amidine groups is 1. The van der Waals surface area contributed by atoms with Gasteiger partial charge in [-0.15, -0.1) is 0 Å². The van der Waals surface area contributed by atoms with Crippen LogP contribution in [0.1, 0.15) is 18.3 Å². The number of sulfonamides is 1. The van der Waals surface area contributed by atoms with E-state index in [1.54, 1.807) is 55.5 Å². The van der Waals surface area contributed by atoms with Crippen LogP contribution in [0.5, 0.6) is 0 Å². The first kappa shape index (κ1) is 25.7. The number of hydrogen-bond donors (Lipinski definition) is 3. The fourth-order valence-corrected chi connectivity index (χ4v) is 5.28. The van der Waals surface area contributed by atoms with E-state index in [2.05, 4.69) is 5.32 Å². The molecule has 4 aromatic rings. The Kier molecular flexibility index (Phi) is 7.44. The van der Waals surface area contributed by atoms with Gasteiger partial charge in [0, 0.05) is 18.3 Å². The summed E-state index contributed by atoms with van der Waals surface area (Å²) in [7, 11) is -2.16. The van der Waals surface area contributed by atoms with Crippen LogP contribution in [-0.2, 0) is 33.1 Å². The number of carbonyl (C=O) groups is 1. The molecule has 3 aromatic carbocycles. The predicted octanol–water partition coefficient (Wildman–Crippen LogP) is 3.23. The summed E-state index contributed by atoms with van der Waals surface area (Å²) in [5.41, 5.74) is 8.68. The molecule has 0 aliphatic heterocycles. The van der Waals surface area contributed by atoms with Crippen molar-refractivity contribution in [3.05, 3.63) is 84.2 Å². The van der Waals surface area contributed by atoms with Crippen molar-refractivity contribution < 1.29 is 17.9 Å². The van der Waals surface area contributed by atoms with Gasteiger partial charge in [-0.1, -0.05) is 18.2 Å². The molecule has 37 heavy (non-hydrogen) atoms. The molecule has 11 heteroatoms.